The van der Waals surface area contributed by atoms with Crippen molar-refractivity contribution in [2.45, 2.75) is 23.1 Å². The fourth-order valence-corrected chi connectivity index (χ4v) is 5.79. The van der Waals surface area contributed by atoms with E-state index in [1.54, 1.807) is 35.7 Å². The van der Waals surface area contributed by atoms with Crippen LogP contribution in [-0.2, 0) is 14.8 Å². The summed E-state index contributed by atoms with van der Waals surface area (Å²) in [6, 6.07) is 7.64. The molecule has 3 heterocycles. The molecule has 0 spiro atoms. The number of hydrogen-bond donors (Lipinski definition) is 1. The number of carbonyl (C=O) groups excluding carboxylic acids is 1. The van der Waals surface area contributed by atoms with E-state index >= 15 is 0 Å². The lowest BCUT2D eigenvalue weighted by molar-refractivity contribution is -0.119. The lowest BCUT2D eigenvalue weighted by Gasteiger charge is -2.22. The molecule has 4 rings (SSSR count). The Balaban J connectivity index is 1.53. The Morgan fingerprint density at radius 1 is 1.24 bits per heavy atom. The van der Waals surface area contributed by atoms with Gasteiger partial charge in [0.05, 0.1) is 0 Å². The summed E-state index contributed by atoms with van der Waals surface area (Å²) < 4.78 is 37.6. The summed E-state index contributed by atoms with van der Waals surface area (Å²) in [6.45, 7) is 0.502. The van der Waals surface area contributed by atoms with E-state index in [1.807, 2.05) is 0 Å². The molecule has 1 saturated heterocycles. The third-order valence-electron chi connectivity index (χ3n) is 4.20. The molecule has 2 aliphatic rings. The van der Waals surface area contributed by atoms with Gasteiger partial charge >= 0.3 is 0 Å². The normalized spacial score (nSPS) is 19.9. The molecular weight excluding hydrogens is 364 g/mol. The minimum absolute atomic E-state index is 0.155. The molecule has 7 nitrogen and oxygen atoms in total. The van der Waals surface area contributed by atoms with E-state index < -0.39 is 16.1 Å². The highest BCUT2D eigenvalue weighted by Gasteiger charge is 2.39. The number of fused-ring (bicyclic) bond motifs is 1. The second-order valence-electron chi connectivity index (χ2n) is 5.76. The van der Waals surface area contributed by atoms with Crippen molar-refractivity contribution in [3.05, 3.63) is 35.7 Å². The van der Waals surface area contributed by atoms with Gasteiger partial charge in [-0.15, -0.1) is 11.3 Å². The molecule has 1 fully saturated rings. The maximum absolute atomic E-state index is 12.7. The first-order valence-corrected chi connectivity index (χ1v) is 10.1. The predicted octanol–water partition coefficient (Wildman–Crippen LogP) is 2.27. The molecule has 1 amide bonds. The minimum Gasteiger partial charge on any atom is -0.454 e. The van der Waals surface area contributed by atoms with Crippen LogP contribution in [0.2, 0.25) is 0 Å². The molecule has 2 aromatic rings. The Morgan fingerprint density at radius 3 is 2.88 bits per heavy atom. The molecule has 132 valence electrons. The van der Waals surface area contributed by atoms with Crippen molar-refractivity contribution in [3.8, 4) is 11.5 Å². The Kier molecular flexibility index (Phi) is 4.14. The Hall–Kier alpha value is -2.10. The van der Waals surface area contributed by atoms with Gasteiger partial charge in [-0.3, -0.25) is 4.79 Å². The van der Waals surface area contributed by atoms with Crippen LogP contribution in [0.3, 0.4) is 0 Å². The molecule has 0 saturated carbocycles. The van der Waals surface area contributed by atoms with Crippen LogP contribution in [0.25, 0.3) is 0 Å². The average Bonchev–Trinajstić information content (AvgIpc) is 3.33. The Bertz CT molecular complexity index is 895. The lowest BCUT2D eigenvalue weighted by Crippen LogP contribution is -2.42. The molecule has 1 aromatic heterocycles. The number of hydrogen-bond acceptors (Lipinski definition) is 6. The van der Waals surface area contributed by atoms with Crippen molar-refractivity contribution in [2.75, 3.05) is 18.7 Å². The zero-order valence-electron chi connectivity index (χ0n) is 13.2. The van der Waals surface area contributed by atoms with Gasteiger partial charge in [0, 0.05) is 18.3 Å². The summed E-state index contributed by atoms with van der Waals surface area (Å²) in [5.41, 5.74) is 0.551. The molecule has 1 unspecified atom stereocenters. The largest absolute Gasteiger partial charge is 0.454 e. The van der Waals surface area contributed by atoms with Crippen LogP contribution in [0.15, 0.2) is 39.9 Å². The van der Waals surface area contributed by atoms with Crippen LogP contribution in [0, 0.1) is 0 Å². The third-order valence-corrected chi connectivity index (χ3v) is 7.49. The molecule has 0 radical (unpaired) electrons. The molecule has 1 aromatic carbocycles. The first-order valence-electron chi connectivity index (χ1n) is 7.81. The van der Waals surface area contributed by atoms with Crippen LogP contribution in [0.5, 0.6) is 11.5 Å². The number of nitrogens with zero attached hydrogens (tertiary/aromatic N) is 1. The molecular formula is C16H16N2O5S2. The van der Waals surface area contributed by atoms with E-state index in [0.717, 1.165) is 11.3 Å². The predicted molar refractivity (Wildman–Crippen MR) is 92.4 cm³/mol. The number of nitrogens with one attached hydrogen (secondary N) is 1. The third kappa shape index (κ3) is 2.99. The fourth-order valence-electron chi connectivity index (χ4n) is 3.02. The SMILES string of the molecule is O=C(Nc1ccc2c(c1)OCO2)C1CCCN1S(=O)(=O)c1cccs1. The van der Waals surface area contributed by atoms with Crippen molar-refractivity contribution in [2.24, 2.45) is 0 Å². The fraction of sp³-hybridized carbons (Fsp3) is 0.312. The van der Waals surface area contributed by atoms with E-state index in [0.29, 0.717) is 36.6 Å². The Labute approximate surface area is 149 Å². The molecule has 9 heteroatoms. The zero-order chi connectivity index (χ0) is 17.4. The number of amides is 1. The van der Waals surface area contributed by atoms with Crippen LogP contribution in [0.1, 0.15) is 12.8 Å². The molecule has 0 bridgehead atoms. The van der Waals surface area contributed by atoms with Crippen molar-refractivity contribution < 1.29 is 22.7 Å². The van der Waals surface area contributed by atoms with Crippen molar-refractivity contribution in [3.63, 3.8) is 0 Å². The van der Waals surface area contributed by atoms with E-state index in [-0.39, 0.29) is 16.9 Å². The van der Waals surface area contributed by atoms with Crippen LogP contribution < -0.4 is 14.8 Å². The van der Waals surface area contributed by atoms with Crippen molar-refractivity contribution >= 4 is 33.0 Å². The molecule has 25 heavy (non-hydrogen) atoms. The average molecular weight is 380 g/mol. The number of benzene rings is 1. The van der Waals surface area contributed by atoms with Gasteiger partial charge in [0.25, 0.3) is 10.0 Å². The zero-order valence-corrected chi connectivity index (χ0v) is 14.8. The van der Waals surface area contributed by atoms with Gasteiger partial charge < -0.3 is 14.8 Å². The van der Waals surface area contributed by atoms with Crippen LogP contribution in [-0.4, -0.2) is 38.0 Å². The van der Waals surface area contributed by atoms with E-state index in [1.165, 1.54) is 4.31 Å². The van der Waals surface area contributed by atoms with Gasteiger partial charge in [-0.1, -0.05) is 6.07 Å². The summed E-state index contributed by atoms with van der Waals surface area (Å²) in [5, 5.41) is 4.50. The number of carbonyl (C=O) groups is 1. The van der Waals surface area contributed by atoms with E-state index in [2.05, 4.69) is 5.32 Å². The van der Waals surface area contributed by atoms with Gasteiger partial charge in [0.2, 0.25) is 12.7 Å². The molecule has 0 aliphatic carbocycles. The van der Waals surface area contributed by atoms with Crippen molar-refractivity contribution in [1.82, 2.24) is 4.31 Å². The van der Waals surface area contributed by atoms with Crippen molar-refractivity contribution in [1.29, 1.82) is 0 Å². The molecule has 2 aliphatic heterocycles. The maximum atomic E-state index is 12.7. The smallest absolute Gasteiger partial charge is 0.253 e. The second-order valence-corrected chi connectivity index (χ2v) is 8.83. The highest BCUT2D eigenvalue weighted by Crippen LogP contribution is 2.35. The molecule has 1 atom stereocenters. The number of ether oxygens (including phenoxy) is 2. The van der Waals surface area contributed by atoms with Gasteiger partial charge in [-0.05, 0) is 36.4 Å². The van der Waals surface area contributed by atoms with E-state index in [9.17, 15) is 13.2 Å². The summed E-state index contributed by atoms with van der Waals surface area (Å²) in [4.78, 5) is 12.7. The van der Waals surface area contributed by atoms with Gasteiger partial charge in [-0.25, -0.2) is 8.42 Å². The number of rotatable bonds is 4. The number of thiophene rings is 1. The van der Waals surface area contributed by atoms with Crippen LogP contribution >= 0.6 is 11.3 Å². The lowest BCUT2D eigenvalue weighted by atomic mass is 10.2. The standard InChI is InChI=1S/C16H16N2O5S2/c19-16(17-11-5-6-13-14(9-11)23-10-22-13)12-3-1-7-18(12)25(20,21)15-4-2-8-24-15/h2,4-6,8-9,12H,1,3,7,10H2,(H,17,19). The summed E-state index contributed by atoms with van der Waals surface area (Å²) in [5.74, 6) is 0.851. The first kappa shape index (κ1) is 16.4. The number of anilines is 1. The summed E-state index contributed by atoms with van der Waals surface area (Å²) in [7, 11) is -3.65. The highest BCUT2D eigenvalue weighted by molar-refractivity contribution is 7.91. The van der Waals surface area contributed by atoms with E-state index in [4.69, 9.17) is 9.47 Å². The molecule has 1 N–H and O–H groups in total. The highest BCUT2D eigenvalue weighted by atomic mass is 32.2. The maximum Gasteiger partial charge on any atom is 0.253 e. The van der Waals surface area contributed by atoms with Crippen LogP contribution in [0.4, 0.5) is 5.69 Å². The number of sulfonamides is 1. The first-order chi connectivity index (χ1) is 12.1. The second kappa shape index (κ2) is 6.32. The minimum atomic E-state index is -3.65. The monoisotopic (exact) mass is 380 g/mol. The summed E-state index contributed by atoms with van der Waals surface area (Å²) in [6.07, 6.45) is 1.16. The quantitative estimate of drug-likeness (QED) is 0.880. The topological polar surface area (TPSA) is 84.9 Å². The summed E-state index contributed by atoms with van der Waals surface area (Å²) >= 11 is 1.16. The van der Waals surface area contributed by atoms with Gasteiger partial charge in [0.15, 0.2) is 11.5 Å². The van der Waals surface area contributed by atoms with Gasteiger partial charge in [-0.2, -0.15) is 4.31 Å². The Morgan fingerprint density at radius 2 is 2.08 bits per heavy atom. The van der Waals surface area contributed by atoms with Gasteiger partial charge in [0.1, 0.15) is 10.3 Å².